The van der Waals surface area contributed by atoms with E-state index in [0.29, 0.717) is 0 Å². The summed E-state index contributed by atoms with van der Waals surface area (Å²) in [4.78, 5) is 13.7. The molecule has 0 spiro atoms. The maximum atomic E-state index is 12.1. The van der Waals surface area contributed by atoms with Crippen LogP contribution in [0.2, 0.25) is 0 Å². The van der Waals surface area contributed by atoms with E-state index in [2.05, 4.69) is 0 Å². The first-order chi connectivity index (χ1) is 7.89. The van der Waals surface area contributed by atoms with Gasteiger partial charge in [-0.25, -0.2) is 4.79 Å². The number of nitrogens with zero attached hydrogens (tertiary/aromatic N) is 1. The highest BCUT2D eigenvalue weighted by Gasteiger charge is 2.37. The second-order valence-corrected chi connectivity index (χ2v) is 5.39. The van der Waals surface area contributed by atoms with E-state index in [1.807, 2.05) is 39.8 Å². The predicted molar refractivity (Wildman–Crippen MR) is 66.8 cm³/mol. The molecule has 0 saturated carbocycles. The second kappa shape index (κ2) is 5.54. The molecule has 98 valence electrons. The molecule has 0 radical (unpaired) electrons. The van der Waals surface area contributed by atoms with Crippen LogP contribution in [0.3, 0.4) is 0 Å². The number of aliphatic hydroxyl groups is 1. The van der Waals surface area contributed by atoms with Gasteiger partial charge in [-0.15, -0.1) is 0 Å². The Bertz CT molecular complexity index is 294. The minimum atomic E-state index is -0.500. The van der Waals surface area contributed by atoms with Crippen molar-refractivity contribution in [3.8, 4) is 0 Å². The Kier molecular flexibility index (Phi) is 4.57. The van der Waals surface area contributed by atoms with Crippen LogP contribution in [0.15, 0.2) is 12.2 Å². The van der Waals surface area contributed by atoms with Crippen molar-refractivity contribution in [3.05, 3.63) is 12.2 Å². The van der Waals surface area contributed by atoms with E-state index in [1.54, 1.807) is 4.90 Å². The fourth-order valence-corrected chi connectivity index (χ4v) is 2.10. The number of carbonyl (C=O) groups is 1. The third kappa shape index (κ3) is 3.73. The Morgan fingerprint density at radius 2 is 2.12 bits per heavy atom. The number of hydrogen-bond acceptors (Lipinski definition) is 3. The van der Waals surface area contributed by atoms with E-state index >= 15 is 0 Å². The first kappa shape index (κ1) is 14.0. The van der Waals surface area contributed by atoms with Gasteiger partial charge in [0.05, 0.1) is 18.7 Å². The summed E-state index contributed by atoms with van der Waals surface area (Å²) in [5, 5.41) is 9.30. The maximum absolute atomic E-state index is 12.1. The normalized spacial score (nSPS) is 25.6. The van der Waals surface area contributed by atoms with Crippen molar-refractivity contribution in [3.63, 3.8) is 0 Å². The molecule has 1 fully saturated rings. The van der Waals surface area contributed by atoms with Gasteiger partial charge in [0.1, 0.15) is 5.60 Å². The Morgan fingerprint density at radius 1 is 1.47 bits per heavy atom. The van der Waals surface area contributed by atoms with Crippen LogP contribution >= 0.6 is 0 Å². The molecule has 0 aromatic carbocycles. The Morgan fingerprint density at radius 3 is 2.59 bits per heavy atom. The summed E-state index contributed by atoms with van der Waals surface area (Å²) in [5.74, 6) is 0. The molecule has 4 heteroatoms. The molecule has 1 aliphatic rings. The number of hydrogen-bond donors (Lipinski definition) is 1. The number of rotatable bonds is 2. The molecule has 0 aromatic rings. The molecule has 1 N–H and O–H groups in total. The summed E-state index contributed by atoms with van der Waals surface area (Å²) in [5.41, 5.74) is -0.500. The predicted octanol–water partition coefficient (Wildman–Crippen LogP) is 2.32. The zero-order chi connectivity index (χ0) is 13.1. The topological polar surface area (TPSA) is 49.8 Å². The first-order valence-electron chi connectivity index (χ1n) is 6.14. The van der Waals surface area contributed by atoms with Crippen LogP contribution in [-0.4, -0.2) is 40.4 Å². The minimum absolute atomic E-state index is 0.00665. The molecule has 1 saturated heterocycles. The summed E-state index contributed by atoms with van der Waals surface area (Å²) in [6.45, 7) is 7.46. The number of allylic oxidation sites excluding steroid dienone is 1. The number of amides is 1. The van der Waals surface area contributed by atoms with Crippen LogP contribution in [-0.2, 0) is 4.74 Å². The lowest BCUT2D eigenvalue weighted by molar-refractivity contribution is 0.0126. The van der Waals surface area contributed by atoms with Crippen LogP contribution in [0.25, 0.3) is 0 Å². The molecule has 0 aromatic heterocycles. The zero-order valence-electron chi connectivity index (χ0n) is 11.1. The smallest absolute Gasteiger partial charge is 0.411 e. The van der Waals surface area contributed by atoms with Crippen LogP contribution in [0.1, 0.15) is 40.5 Å². The Hall–Kier alpha value is -1.03. The maximum Gasteiger partial charge on any atom is 0.411 e. The highest BCUT2D eigenvalue weighted by Crippen LogP contribution is 2.27. The molecule has 1 rings (SSSR count). The van der Waals surface area contributed by atoms with Crippen molar-refractivity contribution in [1.29, 1.82) is 0 Å². The molecule has 1 amide bonds. The summed E-state index contributed by atoms with van der Waals surface area (Å²) in [7, 11) is 0. The molecule has 1 aliphatic heterocycles. The first-order valence-corrected chi connectivity index (χ1v) is 6.14. The SMILES string of the molecule is C/C=C\[C@@H]1CC[C@@H](CO)N1C(=O)OC(C)(C)C. The molecule has 17 heavy (non-hydrogen) atoms. The number of ether oxygens (including phenoxy) is 1. The van der Waals surface area contributed by atoms with Gasteiger partial charge in [-0.1, -0.05) is 12.2 Å². The Balaban J connectivity index is 2.78. The van der Waals surface area contributed by atoms with Crippen LogP contribution in [0.5, 0.6) is 0 Å². The van der Waals surface area contributed by atoms with Crippen LogP contribution in [0.4, 0.5) is 4.79 Å². The molecular formula is C13H23NO3. The largest absolute Gasteiger partial charge is 0.444 e. The van der Waals surface area contributed by atoms with Gasteiger partial charge >= 0.3 is 6.09 Å². The number of carbonyl (C=O) groups excluding carboxylic acids is 1. The lowest BCUT2D eigenvalue weighted by Gasteiger charge is -2.30. The summed E-state index contributed by atoms with van der Waals surface area (Å²) in [6, 6.07) is -0.0713. The summed E-state index contributed by atoms with van der Waals surface area (Å²) >= 11 is 0. The zero-order valence-corrected chi connectivity index (χ0v) is 11.1. The van der Waals surface area contributed by atoms with Crippen molar-refractivity contribution < 1.29 is 14.6 Å². The quantitative estimate of drug-likeness (QED) is 0.755. The fraction of sp³-hybridized carbons (Fsp3) is 0.769. The third-order valence-corrected chi connectivity index (χ3v) is 2.78. The third-order valence-electron chi connectivity index (χ3n) is 2.78. The molecule has 4 nitrogen and oxygen atoms in total. The minimum Gasteiger partial charge on any atom is -0.444 e. The second-order valence-electron chi connectivity index (χ2n) is 5.39. The van der Waals surface area contributed by atoms with Gasteiger partial charge in [0.2, 0.25) is 0 Å². The lowest BCUT2D eigenvalue weighted by atomic mass is 10.2. The average molecular weight is 241 g/mol. The van der Waals surface area contributed by atoms with Gasteiger partial charge in [0.25, 0.3) is 0 Å². The van der Waals surface area contributed by atoms with E-state index in [-0.39, 0.29) is 24.8 Å². The summed E-state index contributed by atoms with van der Waals surface area (Å²) in [6.07, 6.45) is 5.29. The average Bonchev–Trinajstić information content (AvgIpc) is 2.58. The van der Waals surface area contributed by atoms with Gasteiger partial charge < -0.3 is 9.84 Å². The van der Waals surface area contributed by atoms with Crippen molar-refractivity contribution in [2.24, 2.45) is 0 Å². The molecule has 0 aliphatic carbocycles. The molecule has 0 unspecified atom stereocenters. The molecular weight excluding hydrogens is 218 g/mol. The van der Waals surface area contributed by atoms with E-state index in [1.165, 1.54) is 0 Å². The standard InChI is InChI=1S/C13H23NO3/c1-5-6-10-7-8-11(9-15)14(10)12(16)17-13(2,3)4/h5-6,10-11,15H,7-9H2,1-4H3/b6-5-/t10-,11+/m1/s1. The highest BCUT2D eigenvalue weighted by molar-refractivity contribution is 5.69. The van der Waals surface area contributed by atoms with Crippen molar-refractivity contribution >= 4 is 6.09 Å². The van der Waals surface area contributed by atoms with Gasteiger partial charge in [0, 0.05) is 0 Å². The van der Waals surface area contributed by atoms with Gasteiger partial charge in [-0.3, -0.25) is 4.90 Å². The monoisotopic (exact) mass is 241 g/mol. The van der Waals surface area contributed by atoms with Crippen molar-refractivity contribution in [2.45, 2.75) is 58.2 Å². The van der Waals surface area contributed by atoms with Crippen LogP contribution in [0, 0.1) is 0 Å². The number of aliphatic hydroxyl groups excluding tert-OH is 1. The number of likely N-dealkylation sites (tertiary alicyclic amines) is 1. The van der Waals surface area contributed by atoms with Gasteiger partial charge in [0.15, 0.2) is 0 Å². The highest BCUT2D eigenvalue weighted by atomic mass is 16.6. The van der Waals surface area contributed by atoms with Crippen molar-refractivity contribution in [2.75, 3.05) is 6.61 Å². The van der Waals surface area contributed by atoms with E-state index < -0.39 is 5.60 Å². The molecule has 0 bridgehead atoms. The fourth-order valence-electron chi connectivity index (χ4n) is 2.10. The summed E-state index contributed by atoms with van der Waals surface area (Å²) < 4.78 is 5.37. The van der Waals surface area contributed by atoms with Crippen LogP contribution < -0.4 is 0 Å². The van der Waals surface area contributed by atoms with E-state index in [4.69, 9.17) is 4.74 Å². The van der Waals surface area contributed by atoms with E-state index in [9.17, 15) is 9.90 Å². The molecule has 1 heterocycles. The lowest BCUT2D eigenvalue weighted by Crippen LogP contribution is -2.44. The van der Waals surface area contributed by atoms with Crippen molar-refractivity contribution in [1.82, 2.24) is 4.90 Å². The molecule has 2 atom stereocenters. The Labute approximate surface area is 103 Å². The van der Waals surface area contributed by atoms with E-state index in [0.717, 1.165) is 12.8 Å². The van der Waals surface area contributed by atoms with Gasteiger partial charge in [-0.05, 0) is 40.5 Å². The van der Waals surface area contributed by atoms with Gasteiger partial charge in [-0.2, -0.15) is 0 Å².